The average molecular weight is 296 g/mol. The summed E-state index contributed by atoms with van der Waals surface area (Å²) in [6, 6.07) is 8.40. The maximum Gasteiger partial charge on any atom is 0.0831 e. The number of hydrogen-bond donors (Lipinski definition) is 2. The number of nitrogens with zero attached hydrogens (tertiary/aromatic N) is 2. The van der Waals surface area contributed by atoms with E-state index in [0.717, 1.165) is 50.8 Å². The van der Waals surface area contributed by atoms with Gasteiger partial charge in [-0.05, 0) is 17.7 Å². The normalized spacial score (nSPS) is 28.9. The summed E-state index contributed by atoms with van der Waals surface area (Å²) in [4.78, 5) is 4.89. The molecule has 4 nitrogen and oxygen atoms in total. The minimum Gasteiger partial charge on any atom is -0.390 e. The van der Waals surface area contributed by atoms with Crippen molar-refractivity contribution in [2.24, 2.45) is 0 Å². The zero-order valence-corrected chi connectivity index (χ0v) is 12.4. The van der Waals surface area contributed by atoms with E-state index < -0.39 is 0 Å². The van der Waals surface area contributed by atoms with E-state index in [4.69, 9.17) is 11.6 Å². The van der Waals surface area contributed by atoms with Crippen LogP contribution in [0.15, 0.2) is 24.3 Å². The van der Waals surface area contributed by atoms with Crippen LogP contribution in [0.2, 0.25) is 5.02 Å². The number of benzene rings is 1. The zero-order chi connectivity index (χ0) is 13.9. The highest BCUT2D eigenvalue weighted by atomic mass is 35.5. The van der Waals surface area contributed by atoms with E-state index in [-0.39, 0.29) is 6.10 Å². The molecule has 2 saturated heterocycles. The highest BCUT2D eigenvalue weighted by Crippen LogP contribution is 2.15. The summed E-state index contributed by atoms with van der Waals surface area (Å²) in [6.45, 7) is 6.83. The van der Waals surface area contributed by atoms with Gasteiger partial charge in [-0.15, -0.1) is 0 Å². The Labute approximate surface area is 125 Å². The van der Waals surface area contributed by atoms with Crippen LogP contribution < -0.4 is 5.32 Å². The van der Waals surface area contributed by atoms with Crippen LogP contribution in [0.4, 0.5) is 0 Å². The molecule has 2 aliphatic rings. The van der Waals surface area contributed by atoms with Gasteiger partial charge in [0, 0.05) is 56.9 Å². The van der Waals surface area contributed by atoms with Gasteiger partial charge in [-0.1, -0.05) is 23.7 Å². The van der Waals surface area contributed by atoms with Gasteiger partial charge < -0.3 is 10.4 Å². The van der Waals surface area contributed by atoms with Crippen molar-refractivity contribution in [1.82, 2.24) is 15.1 Å². The lowest BCUT2D eigenvalue weighted by molar-refractivity contribution is 0.0424. The minimum atomic E-state index is -0.210. The maximum atomic E-state index is 9.94. The molecule has 0 spiro atoms. The van der Waals surface area contributed by atoms with Crippen molar-refractivity contribution in [3.8, 4) is 0 Å². The van der Waals surface area contributed by atoms with Gasteiger partial charge in [0.2, 0.25) is 0 Å². The monoisotopic (exact) mass is 295 g/mol. The molecule has 2 fully saturated rings. The van der Waals surface area contributed by atoms with E-state index in [1.54, 1.807) is 0 Å². The summed E-state index contributed by atoms with van der Waals surface area (Å²) in [7, 11) is 0. The summed E-state index contributed by atoms with van der Waals surface area (Å²) >= 11 is 5.91. The summed E-state index contributed by atoms with van der Waals surface area (Å²) in [6.07, 6.45) is -0.210. The van der Waals surface area contributed by atoms with E-state index in [1.807, 2.05) is 12.1 Å². The van der Waals surface area contributed by atoms with Gasteiger partial charge in [-0.3, -0.25) is 9.80 Å². The van der Waals surface area contributed by atoms with Crippen molar-refractivity contribution < 1.29 is 5.11 Å². The molecule has 2 N–H and O–H groups in total. The second-order valence-electron chi connectivity index (χ2n) is 5.73. The number of rotatable bonds is 3. The standard InChI is InChI=1S/C15H22ClN3O/c16-13-3-1-12(2-4-13)11-18-5-7-19(8-6-18)14-9-17-10-15(14)20/h1-4,14-15,17,20H,5-11H2/t14?,15-/m1/s1. The number of aliphatic hydroxyl groups is 1. The van der Waals surface area contributed by atoms with Crippen LogP contribution in [-0.2, 0) is 6.54 Å². The fraction of sp³-hybridized carbons (Fsp3) is 0.600. The molecule has 0 aromatic heterocycles. The Morgan fingerprint density at radius 2 is 1.80 bits per heavy atom. The molecule has 1 aromatic carbocycles. The van der Waals surface area contributed by atoms with Crippen LogP contribution in [0.3, 0.4) is 0 Å². The van der Waals surface area contributed by atoms with Crippen molar-refractivity contribution in [2.75, 3.05) is 39.3 Å². The van der Waals surface area contributed by atoms with Gasteiger partial charge in [0.1, 0.15) is 0 Å². The number of aliphatic hydroxyl groups excluding tert-OH is 1. The van der Waals surface area contributed by atoms with Crippen LogP contribution in [0.1, 0.15) is 5.56 Å². The first-order valence-corrected chi connectivity index (χ1v) is 7.70. The van der Waals surface area contributed by atoms with Crippen LogP contribution >= 0.6 is 11.6 Å². The number of halogens is 1. The molecule has 0 bridgehead atoms. The smallest absolute Gasteiger partial charge is 0.0831 e. The molecule has 0 saturated carbocycles. The van der Waals surface area contributed by atoms with Crippen molar-refractivity contribution in [1.29, 1.82) is 0 Å². The lowest BCUT2D eigenvalue weighted by Crippen LogP contribution is -2.53. The Morgan fingerprint density at radius 3 is 2.40 bits per heavy atom. The highest BCUT2D eigenvalue weighted by Gasteiger charge is 2.32. The molecule has 0 radical (unpaired) electrons. The predicted octanol–water partition coefficient (Wildman–Crippen LogP) is 0.790. The second kappa shape index (κ2) is 6.41. The molecule has 1 unspecified atom stereocenters. The van der Waals surface area contributed by atoms with Crippen molar-refractivity contribution in [2.45, 2.75) is 18.7 Å². The Balaban J connectivity index is 1.49. The van der Waals surface area contributed by atoms with E-state index in [1.165, 1.54) is 5.56 Å². The van der Waals surface area contributed by atoms with Crippen LogP contribution in [0.5, 0.6) is 0 Å². The van der Waals surface area contributed by atoms with Crippen LogP contribution in [0.25, 0.3) is 0 Å². The second-order valence-corrected chi connectivity index (χ2v) is 6.17. The Bertz CT molecular complexity index is 431. The third-order valence-corrected chi connectivity index (χ3v) is 4.60. The molecule has 110 valence electrons. The third kappa shape index (κ3) is 3.32. The van der Waals surface area contributed by atoms with Gasteiger partial charge in [0.05, 0.1) is 6.10 Å². The van der Waals surface area contributed by atoms with Crippen LogP contribution in [-0.4, -0.2) is 66.3 Å². The van der Waals surface area contributed by atoms with Gasteiger partial charge in [-0.2, -0.15) is 0 Å². The molecule has 0 amide bonds. The first kappa shape index (κ1) is 14.3. The van der Waals surface area contributed by atoms with Gasteiger partial charge >= 0.3 is 0 Å². The lowest BCUT2D eigenvalue weighted by Gasteiger charge is -2.38. The Kier molecular flexibility index (Phi) is 4.58. The third-order valence-electron chi connectivity index (χ3n) is 4.35. The van der Waals surface area contributed by atoms with E-state index in [2.05, 4.69) is 27.2 Å². The van der Waals surface area contributed by atoms with Crippen molar-refractivity contribution in [3.05, 3.63) is 34.9 Å². The quantitative estimate of drug-likeness (QED) is 0.865. The number of β-amino-alcohol motifs (C(OH)–C–C–N with tert-alkyl or cyclic N) is 1. The number of hydrogen-bond acceptors (Lipinski definition) is 4. The molecule has 3 rings (SSSR count). The average Bonchev–Trinajstić information content (AvgIpc) is 2.89. The first-order valence-electron chi connectivity index (χ1n) is 7.32. The molecule has 5 heteroatoms. The van der Waals surface area contributed by atoms with E-state index in [9.17, 15) is 5.11 Å². The van der Waals surface area contributed by atoms with Crippen molar-refractivity contribution >= 4 is 11.6 Å². The van der Waals surface area contributed by atoms with Gasteiger partial charge in [0.15, 0.2) is 0 Å². The largest absolute Gasteiger partial charge is 0.390 e. The molecular weight excluding hydrogens is 274 g/mol. The van der Waals surface area contributed by atoms with E-state index >= 15 is 0 Å². The fourth-order valence-corrected chi connectivity index (χ4v) is 3.25. The van der Waals surface area contributed by atoms with E-state index in [0.29, 0.717) is 6.04 Å². The first-order chi connectivity index (χ1) is 9.72. The fourth-order valence-electron chi connectivity index (χ4n) is 3.12. The molecule has 2 atom stereocenters. The van der Waals surface area contributed by atoms with Crippen molar-refractivity contribution in [3.63, 3.8) is 0 Å². The summed E-state index contributed by atoms with van der Waals surface area (Å²) in [5.41, 5.74) is 1.31. The number of nitrogens with one attached hydrogen (secondary N) is 1. The number of piperazine rings is 1. The maximum absolute atomic E-state index is 9.94. The molecule has 2 heterocycles. The molecular formula is C15H22ClN3O. The van der Waals surface area contributed by atoms with Gasteiger partial charge in [0.25, 0.3) is 0 Å². The Morgan fingerprint density at radius 1 is 1.10 bits per heavy atom. The SMILES string of the molecule is O[C@@H]1CNCC1N1CCN(Cc2ccc(Cl)cc2)CC1. The molecule has 1 aromatic rings. The summed E-state index contributed by atoms with van der Waals surface area (Å²) < 4.78 is 0. The highest BCUT2D eigenvalue weighted by molar-refractivity contribution is 6.30. The van der Waals surface area contributed by atoms with Gasteiger partial charge in [-0.25, -0.2) is 0 Å². The lowest BCUT2D eigenvalue weighted by atomic mass is 10.1. The molecule has 2 aliphatic heterocycles. The van der Waals surface area contributed by atoms with Crippen LogP contribution in [0, 0.1) is 0 Å². The predicted molar refractivity (Wildman–Crippen MR) is 81.0 cm³/mol. The Hall–Kier alpha value is -0.650. The topological polar surface area (TPSA) is 38.7 Å². The summed E-state index contributed by atoms with van der Waals surface area (Å²) in [5.74, 6) is 0. The molecule has 20 heavy (non-hydrogen) atoms. The zero-order valence-electron chi connectivity index (χ0n) is 11.6. The molecule has 0 aliphatic carbocycles. The minimum absolute atomic E-state index is 0.210. The summed E-state index contributed by atoms with van der Waals surface area (Å²) in [5, 5.41) is 14.0.